The van der Waals surface area contributed by atoms with E-state index < -0.39 is 8.07 Å². The summed E-state index contributed by atoms with van der Waals surface area (Å²) < 4.78 is 0. The van der Waals surface area contributed by atoms with Crippen molar-refractivity contribution < 1.29 is 0 Å². The Morgan fingerprint density at radius 1 is 0.400 bits per heavy atom. The van der Waals surface area contributed by atoms with Crippen molar-refractivity contribution in [3.05, 3.63) is 146 Å². The summed E-state index contributed by atoms with van der Waals surface area (Å²) in [4.78, 5) is 10.6. The van der Waals surface area contributed by atoms with Crippen molar-refractivity contribution in [2.24, 2.45) is 0 Å². The van der Waals surface area contributed by atoms with Crippen LogP contribution in [-0.2, 0) is 0 Å². The minimum Gasteiger partial charge on any atom is -0.228 e. The zero-order valence-corrected chi connectivity index (χ0v) is 26.3. The molecule has 1 aromatic heterocycles. The van der Waals surface area contributed by atoms with E-state index in [4.69, 9.17) is 9.97 Å². The zero-order valence-electron chi connectivity index (χ0n) is 25.3. The predicted octanol–water partition coefficient (Wildman–Crippen LogP) is 9.74. The quantitative estimate of drug-likeness (QED) is 0.151. The topological polar surface area (TPSA) is 25.8 Å². The Hall–Kier alpha value is -5.38. The minimum absolute atomic E-state index is 0.778. The van der Waals surface area contributed by atoms with Crippen LogP contribution >= 0.6 is 0 Å². The molecule has 2 heterocycles. The second-order valence-corrected chi connectivity index (χ2v) is 16.9. The van der Waals surface area contributed by atoms with Gasteiger partial charge in [-0.15, -0.1) is 0 Å². The van der Waals surface area contributed by atoms with Crippen molar-refractivity contribution in [2.45, 2.75) is 13.1 Å². The lowest BCUT2D eigenvalue weighted by Crippen LogP contribution is -2.50. The third-order valence-electron chi connectivity index (χ3n) is 9.64. The van der Waals surface area contributed by atoms with Gasteiger partial charge in [0.05, 0.1) is 11.4 Å². The number of aromatic nitrogens is 2. The van der Waals surface area contributed by atoms with Crippen molar-refractivity contribution in [1.29, 1.82) is 0 Å². The highest BCUT2D eigenvalue weighted by atomic mass is 28.3. The summed E-state index contributed by atoms with van der Waals surface area (Å²) in [6.45, 7) is 4.88. The highest BCUT2D eigenvalue weighted by Gasteiger charge is 2.41. The van der Waals surface area contributed by atoms with Gasteiger partial charge >= 0.3 is 0 Å². The van der Waals surface area contributed by atoms with Gasteiger partial charge in [-0.3, -0.25) is 0 Å². The van der Waals surface area contributed by atoms with Crippen LogP contribution in [0.1, 0.15) is 0 Å². The Morgan fingerprint density at radius 3 is 1.67 bits per heavy atom. The fourth-order valence-corrected chi connectivity index (χ4v) is 10.7. The molecule has 1 aliphatic rings. The number of benzene rings is 7. The summed E-state index contributed by atoms with van der Waals surface area (Å²) >= 11 is 0. The standard InChI is InChI=1S/C42H30N2Si/c1-45(2)38-22-11-10-21-36(38)40-41(45)39(43-42(44-40)27-13-4-3-5-14-27)30-16-12-15-28(25-30)29-23-24-35-33-19-7-6-17-31(33)32-18-8-9-20-34(32)37(35)26-29/h3-26H,1-2H3. The van der Waals surface area contributed by atoms with E-state index in [0.717, 1.165) is 28.3 Å². The van der Waals surface area contributed by atoms with Gasteiger partial charge in [-0.25, -0.2) is 9.97 Å². The van der Waals surface area contributed by atoms with E-state index in [1.165, 1.54) is 59.4 Å². The average Bonchev–Trinajstić information content (AvgIpc) is 3.34. The van der Waals surface area contributed by atoms with Crippen LogP contribution in [0.5, 0.6) is 0 Å². The number of rotatable bonds is 3. The molecule has 0 unspecified atom stereocenters. The van der Waals surface area contributed by atoms with Crippen LogP contribution in [0.2, 0.25) is 13.1 Å². The monoisotopic (exact) mass is 590 g/mol. The molecule has 0 saturated heterocycles. The molecule has 0 atom stereocenters. The maximum Gasteiger partial charge on any atom is 0.160 e. The normalized spacial score (nSPS) is 13.3. The van der Waals surface area contributed by atoms with Crippen molar-refractivity contribution in [2.75, 3.05) is 0 Å². The van der Waals surface area contributed by atoms with E-state index in [1.54, 1.807) is 0 Å². The van der Waals surface area contributed by atoms with E-state index in [-0.39, 0.29) is 0 Å². The summed E-state index contributed by atoms with van der Waals surface area (Å²) in [7, 11) is -2.05. The van der Waals surface area contributed by atoms with Gasteiger partial charge in [-0.2, -0.15) is 0 Å². The first-order valence-corrected chi connectivity index (χ1v) is 18.6. The van der Waals surface area contributed by atoms with Gasteiger partial charge in [0.1, 0.15) is 8.07 Å². The molecule has 1 aliphatic heterocycles. The molecule has 45 heavy (non-hydrogen) atoms. The molecule has 0 fully saturated rings. The maximum atomic E-state index is 5.35. The molecule has 3 heteroatoms. The van der Waals surface area contributed by atoms with Crippen LogP contribution < -0.4 is 10.4 Å². The Morgan fingerprint density at radius 2 is 0.933 bits per heavy atom. The number of nitrogens with zero attached hydrogens (tertiary/aromatic N) is 2. The van der Waals surface area contributed by atoms with Crippen molar-refractivity contribution in [3.63, 3.8) is 0 Å². The third kappa shape index (κ3) is 3.94. The maximum absolute atomic E-state index is 5.35. The molecule has 0 saturated carbocycles. The minimum atomic E-state index is -2.05. The lowest BCUT2D eigenvalue weighted by Gasteiger charge is -2.22. The Bertz CT molecular complexity index is 2430. The third-order valence-corrected chi connectivity index (χ3v) is 13.1. The zero-order chi connectivity index (χ0) is 30.1. The Kier molecular flexibility index (Phi) is 5.68. The molecular formula is C42H30N2Si. The molecule has 0 N–H and O–H groups in total. The van der Waals surface area contributed by atoms with Crippen LogP contribution in [0.25, 0.3) is 77.3 Å². The SMILES string of the molecule is C[Si]1(C)c2ccccc2-c2nc(-c3ccccc3)nc(-c3cccc(-c4ccc5c6ccccc6c6ccccc6c5c4)c3)c21. The van der Waals surface area contributed by atoms with Crippen molar-refractivity contribution >= 4 is 50.8 Å². The highest BCUT2D eigenvalue weighted by Crippen LogP contribution is 2.38. The summed E-state index contributed by atoms with van der Waals surface area (Å²) in [5.74, 6) is 0.778. The molecular weight excluding hydrogens is 561 g/mol. The van der Waals surface area contributed by atoms with Gasteiger partial charge in [-0.05, 0) is 71.5 Å². The van der Waals surface area contributed by atoms with E-state index in [0.29, 0.717) is 0 Å². The van der Waals surface area contributed by atoms with Crippen LogP contribution in [-0.4, -0.2) is 18.0 Å². The lowest BCUT2D eigenvalue weighted by molar-refractivity contribution is 1.20. The summed E-state index contributed by atoms with van der Waals surface area (Å²) in [5, 5.41) is 10.5. The van der Waals surface area contributed by atoms with Gasteiger partial charge in [-0.1, -0.05) is 147 Å². The highest BCUT2D eigenvalue weighted by molar-refractivity contribution is 7.04. The van der Waals surface area contributed by atoms with Crippen molar-refractivity contribution in [1.82, 2.24) is 9.97 Å². The first kappa shape index (κ1) is 26.1. The first-order chi connectivity index (χ1) is 22.1. The first-order valence-electron chi connectivity index (χ1n) is 15.6. The largest absolute Gasteiger partial charge is 0.228 e. The Labute approximate surface area is 263 Å². The summed E-state index contributed by atoms with van der Waals surface area (Å²) in [5.41, 5.74) is 7.99. The lowest BCUT2D eigenvalue weighted by atomic mass is 9.91. The fraction of sp³-hybridized carbons (Fsp3) is 0.0476. The molecule has 2 nitrogen and oxygen atoms in total. The van der Waals surface area contributed by atoms with Crippen LogP contribution in [0.3, 0.4) is 0 Å². The second kappa shape index (κ2) is 9.81. The number of hydrogen-bond donors (Lipinski definition) is 0. The predicted molar refractivity (Wildman–Crippen MR) is 193 cm³/mol. The van der Waals surface area contributed by atoms with Gasteiger partial charge in [0.25, 0.3) is 0 Å². The molecule has 0 amide bonds. The van der Waals surface area contributed by atoms with Crippen LogP contribution in [0, 0.1) is 0 Å². The molecule has 0 bridgehead atoms. The van der Waals surface area contributed by atoms with E-state index in [2.05, 4.69) is 153 Å². The summed E-state index contributed by atoms with van der Waals surface area (Å²) in [6, 6.07) is 52.7. The Balaban J connectivity index is 1.27. The molecule has 0 radical (unpaired) electrons. The smallest absolute Gasteiger partial charge is 0.160 e. The van der Waals surface area contributed by atoms with Gasteiger partial charge in [0, 0.05) is 11.1 Å². The fourth-order valence-electron chi connectivity index (χ4n) is 7.48. The molecule has 0 aliphatic carbocycles. The second-order valence-electron chi connectivity index (χ2n) is 12.6. The van der Waals surface area contributed by atoms with Gasteiger partial charge in [0.2, 0.25) is 0 Å². The molecule has 8 aromatic rings. The average molecular weight is 591 g/mol. The van der Waals surface area contributed by atoms with E-state index in [1.807, 2.05) is 6.07 Å². The summed E-state index contributed by atoms with van der Waals surface area (Å²) in [6.07, 6.45) is 0. The molecule has 212 valence electrons. The van der Waals surface area contributed by atoms with Crippen LogP contribution in [0.4, 0.5) is 0 Å². The van der Waals surface area contributed by atoms with Gasteiger partial charge < -0.3 is 0 Å². The van der Waals surface area contributed by atoms with Gasteiger partial charge in [0.15, 0.2) is 5.82 Å². The van der Waals surface area contributed by atoms with Crippen LogP contribution in [0.15, 0.2) is 146 Å². The molecule has 9 rings (SSSR count). The van der Waals surface area contributed by atoms with E-state index in [9.17, 15) is 0 Å². The number of fused-ring (bicyclic) bond motifs is 9. The molecule has 7 aromatic carbocycles. The number of hydrogen-bond acceptors (Lipinski definition) is 2. The van der Waals surface area contributed by atoms with E-state index >= 15 is 0 Å². The van der Waals surface area contributed by atoms with Crippen molar-refractivity contribution in [3.8, 4) is 45.0 Å². The molecule has 0 spiro atoms.